The van der Waals surface area contributed by atoms with E-state index in [4.69, 9.17) is 16.3 Å². The largest absolute Gasteiger partial charge is 0.392 e. The van der Waals surface area contributed by atoms with Crippen molar-refractivity contribution in [2.24, 2.45) is 5.92 Å². The highest BCUT2D eigenvalue weighted by atomic mass is 35.5. The lowest BCUT2D eigenvalue weighted by Crippen LogP contribution is -2.24. The molecule has 1 aliphatic rings. The second-order valence-electron chi connectivity index (χ2n) is 4.87. The zero-order valence-corrected chi connectivity index (χ0v) is 11.5. The van der Waals surface area contributed by atoms with E-state index in [0.29, 0.717) is 5.02 Å². The van der Waals surface area contributed by atoms with Crippen LogP contribution < -0.4 is 4.90 Å². The number of aliphatic hydroxyl groups is 1. The average molecular weight is 270 g/mol. The Hall–Kier alpha value is -0.770. The highest BCUT2D eigenvalue weighted by Crippen LogP contribution is 2.28. The fourth-order valence-electron chi connectivity index (χ4n) is 1.91. The molecule has 0 unspecified atom stereocenters. The van der Waals surface area contributed by atoms with Gasteiger partial charge < -0.3 is 14.7 Å². The SMILES string of the molecule is CN(CCOCC1CC1)c1ccc(Cl)cc1CO. The Balaban J connectivity index is 1.84. The van der Waals surface area contributed by atoms with Crippen molar-refractivity contribution in [2.75, 3.05) is 31.7 Å². The van der Waals surface area contributed by atoms with Crippen molar-refractivity contribution in [1.82, 2.24) is 0 Å². The van der Waals surface area contributed by atoms with Crippen LogP contribution in [0, 0.1) is 5.92 Å². The Labute approximate surface area is 113 Å². The number of nitrogens with zero attached hydrogens (tertiary/aromatic N) is 1. The van der Waals surface area contributed by atoms with Crippen LogP contribution in [-0.4, -0.2) is 31.9 Å². The number of benzene rings is 1. The van der Waals surface area contributed by atoms with Crippen molar-refractivity contribution in [2.45, 2.75) is 19.4 Å². The predicted octanol–water partition coefficient (Wildman–Crippen LogP) is 2.70. The molecule has 1 fully saturated rings. The van der Waals surface area contributed by atoms with Gasteiger partial charge in [0.05, 0.1) is 13.2 Å². The Morgan fingerprint density at radius 1 is 1.44 bits per heavy atom. The van der Waals surface area contributed by atoms with E-state index < -0.39 is 0 Å². The summed E-state index contributed by atoms with van der Waals surface area (Å²) in [6.45, 7) is 2.44. The van der Waals surface area contributed by atoms with Crippen LogP contribution in [0.3, 0.4) is 0 Å². The summed E-state index contributed by atoms with van der Waals surface area (Å²) in [4.78, 5) is 2.09. The highest BCUT2D eigenvalue weighted by Gasteiger charge is 2.21. The Morgan fingerprint density at radius 2 is 2.22 bits per heavy atom. The minimum Gasteiger partial charge on any atom is -0.392 e. The van der Waals surface area contributed by atoms with E-state index >= 15 is 0 Å². The Kier molecular flexibility index (Phi) is 4.87. The smallest absolute Gasteiger partial charge is 0.0702 e. The second kappa shape index (κ2) is 6.41. The van der Waals surface area contributed by atoms with Crippen molar-refractivity contribution >= 4 is 17.3 Å². The normalized spacial score (nSPS) is 14.8. The van der Waals surface area contributed by atoms with Crippen molar-refractivity contribution < 1.29 is 9.84 Å². The number of hydrogen-bond acceptors (Lipinski definition) is 3. The molecule has 0 saturated heterocycles. The zero-order chi connectivity index (χ0) is 13.0. The van der Waals surface area contributed by atoms with Crippen molar-refractivity contribution in [3.63, 3.8) is 0 Å². The summed E-state index contributed by atoms with van der Waals surface area (Å²) >= 11 is 5.91. The van der Waals surface area contributed by atoms with Gasteiger partial charge in [0.2, 0.25) is 0 Å². The summed E-state index contributed by atoms with van der Waals surface area (Å²) < 4.78 is 5.62. The van der Waals surface area contributed by atoms with Gasteiger partial charge in [-0.2, -0.15) is 0 Å². The maximum Gasteiger partial charge on any atom is 0.0702 e. The van der Waals surface area contributed by atoms with Gasteiger partial charge in [-0.05, 0) is 37.0 Å². The molecule has 2 rings (SSSR count). The third-order valence-corrected chi connectivity index (χ3v) is 3.48. The van der Waals surface area contributed by atoms with Gasteiger partial charge in [-0.25, -0.2) is 0 Å². The summed E-state index contributed by atoms with van der Waals surface area (Å²) in [5.41, 5.74) is 1.86. The van der Waals surface area contributed by atoms with Gasteiger partial charge in [0.25, 0.3) is 0 Å². The Bertz CT molecular complexity index is 393. The lowest BCUT2D eigenvalue weighted by Gasteiger charge is -2.22. The van der Waals surface area contributed by atoms with Crippen LogP contribution in [0.1, 0.15) is 18.4 Å². The molecule has 1 aliphatic carbocycles. The molecule has 18 heavy (non-hydrogen) atoms. The van der Waals surface area contributed by atoms with Crippen molar-refractivity contribution in [3.8, 4) is 0 Å². The van der Waals surface area contributed by atoms with Crippen LogP contribution in [0.5, 0.6) is 0 Å². The number of ether oxygens (including phenoxy) is 1. The molecule has 4 heteroatoms. The summed E-state index contributed by atoms with van der Waals surface area (Å²) in [5.74, 6) is 0.804. The maximum absolute atomic E-state index is 9.33. The Morgan fingerprint density at radius 3 is 2.89 bits per heavy atom. The number of anilines is 1. The summed E-state index contributed by atoms with van der Waals surface area (Å²) in [6, 6.07) is 5.59. The van der Waals surface area contributed by atoms with E-state index in [9.17, 15) is 5.11 Å². The lowest BCUT2D eigenvalue weighted by atomic mass is 10.1. The molecule has 1 N–H and O–H groups in total. The molecule has 100 valence electrons. The molecule has 0 aromatic heterocycles. The predicted molar refractivity (Wildman–Crippen MR) is 74.2 cm³/mol. The number of aliphatic hydroxyl groups excluding tert-OH is 1. The fourth-order valence-corrected chi connectivity index (χ4v) is 2.10. The highest BCUT2D eigenvalue weighted by molar-refractivity contribution is 6.30. The monoisotopic (exact) mass is 269 g/mol. The first-order valence-corrected chi connectivity index (χ1v) is 6.76. The summed E-state index contributed by atoms with van der Waals surface area (Å²) in [6.07, 6.45) is 2.64. The van der Waals surface area contributed by atoms with Gasteiger partial charge in [-0.1, -0.05) is 11.6 Å². The molecule has 0 aliphatic heterocycles. The molecular formula is C14H20ClNO2. The minimum atomic E-state index is 0.00314. The van der Waals surface area contributed by atoms with Gasteiger partial charge in [-0.15, -0.1) is 0 Å². The third kappa shape index (κ3) is 3.87. The zero-order valence-electron chi connectivity index (χ0n) is 10.7. The van der Waals surface area contributed by atoms with E-state index in [0.717, 1.165) is 36.9 Å². The van der Waals surface area contributed by atoms with Crippen molar-refractivity contribution in [3.05, 3.63) is 28.8 Å². The molecule has 3 nitrogen and oxygen atoms in total. The average Bonchev–Trinajstić information content (AvgIpc) is 3.18. The molecule has 0 heterocycles. The van der Waals surface area contributed by atoms with E-state index in [1.807, 2.05) is 19.2 Å². The minimum absolute atomic E-state index is 0.00314. The van der Waals surface area contributed by atoms with Gasteiger partial charge in [0.1, 0.15) is 0 Å². The van der Waals surface area contributed by atoms with E-state index in [2.05, 4.69) is 4.90 Å². The molecular weight excluding hydrogens is 250 g/mol. The molecule has 0 radical (unpaired) electrons. The van der Waals surface area contributed by atoms with Gasteiger partial charge in [0.15, 0.2) is 0 Å². The molecule has 1 saturated carbocycles. The van der Waals surface area contributed by atoms with E-state index in [1.54, 1.807) is 6.07 Å². The number of hydrogen-bond donors (Lipinski definition) is 1. The maximum atomic E-state index is 9.33. The molecule has 0 spiro atoms. The van der Waals surface area contributed by atoms with Gasteiger partial charge in [-0.3, -0.25) is 0 Å². The van der Waals surface area contributed by atoms with Gasteiger partial charge in [0, 0.05) is 36.5 Å². The topological polar surface area (TPSA) is 32.7 Å². The molecule has 0 amide bonds. The first-order chi connectivity index (χ1) is 8.70. The van der Waals surface area contributed by atoms with Crippen molar-refractivity contribution in [1.29, 1.82) is 0 Å². The molecule has 1 aromatic carbocycles. The van der Waals surface area contributed by atoms with Crippen LogP contribution >= 0.6 is 11.6 Å². The number of rotatable bonds is 7. The second-order valence-corrected chi connectivity index (χ2v) is 5.31. The fraction of sp³-hybridized carbons (Fsp3) is 0.571. The van der Waals surface area contributed by atoms with Crippen LogP contribution in [0.15, 0.2) is 18.2 Å². The van der Waals surface area contributed by atoms with Crippen LogP contribution in [0.2, 0.25) is 5.02 Å². The van der Waals surface area contributed by atoms with Crippen LogP contribution in [0.4, 0.5) is 5.69 Å². The first kappa shape index (κ1) is 13.7. The van der Waals surface area contributed by atoms with Crippen LogP contribution in [-0.2, 0) is 11.3 Å². The molecule has 0 bridgehead atoms. The lowest BCUT2D eigenvalue weighted by molar-refractivity contribution is 0.131. The number of likely N-dealkylation sites (N-methyl/N-ethyl adjacent to an activating group) is 1. The van der Waals surface area contributed by atoms with Crippen LogP contribution in [0.25, 0.3) is 0 Å². The number of halogens is 1. The van der Waals surface area contributed by atoms with E-state index in [-0.39, 0.29) is 6.61 Å². The standard InChI is InChI=1S/C14H20ClNO2/c1-16(6-7-18-10-11-2-3-11)14-5-4-13(15)8-12(14)9-17/h4-5,8,11,17H,2-3,6-7,9-10H2,1H3. The first-order valence-electron chi connectivity index (χ1n) is 6.39. The van der Waals surface area contributed by atoms with Gasteiger partial charge >= 0.3 is 0 Å². The quantitative estimate of drug-likeness (QED) is 0.773. The third-order valence-electron chi connectivity index (χ3n) is 3.24. The summed E-state index contributed by atoms with van der Waals surface area (Å²) in [5, 5.41) is 9.98. The summed E-state index contributed by atoms with van der Waals surface area (Å²) in [7, 11) is 2.00. The molecule has 0 atom stereocenters. The molecule has 1 aromatic rings. The van der Waals surface area contributed by atoms with E-state index in [1.165, 1.54) is 12.8 Å².